The fourth-order valence-electron chi connectivity index (χ4n) is 9.71. The molecule has 9 unspecified atom stereocenters. The molecule has 0 aromatic carbocycles. The standard InChI is InChI=1S/C61H115NO10/c1-3-5-7-9-11-13-15-17-19-21-23-24-25-26-27-28-29-31-33-35-37-39-41-43-45-47-49-54(65)60(70)62-52(51-71-61-59(69)58(68)57(67)55(50-63)72-61)56(66)53(64)48-46-44-42-40-38-36-34-32-30-22-20-18-16-14-12-10-8-6-4-2/h18,20,32,34,40,42,52-59,61,63-69H,3-17,19,21-31,33,35-39,41,43-51H2,1-2H3,(H,62,70)/b20-18+,34-32+,42-40+. The molecule has 1 fully saturated rings. The SMILES string of the molecule is CCCCCCCC/C=C/CC/C=C/CC/C=C/CCCC(O)C(O)C(COC1OC(CO)C(O)C(O)C1O)NC(=O)C(O)CCCCCCCCCCCCCCCCCCCCCCCCCCCC. The number of amides is 1. The monoisotopic (exact) mass is 1020 g/mol. The number of unbranched alkanes of at least 4 members (excludes halogenated alkanes) is 34. The van der Waals surface area contributed by atoms with Crippen LogP contribution in [-0.4, -0.2) is 110 Å². The van der Waals surface area contributed by atoms with Gasteiger partial charge in [-0.1, -0.05) is 249 Å². The number of aliphatic hydroxyl groups excluding tert-OH is 7. The average Bonchev–Trinajstić information content (AvgIpc) is 3.38. The highest BCUT2D eigenvalue weighted by Gasteiger charge is 2.44. The fourth-order valence-corrected chi connectivity index (χ4v) is 9.71. The Labute approximate surface area is 441 Å². The summed E-state index contributed by atoms with van der Waals surface area (Å²) in [5.41, 5.74) is 0. The number of ether oxygens (including phenoxy) is 2. The fraction of sp³-hybridized carbons (Fsp3) is 0.885. The summed E-state index contributed by atoms with van der Waals surface area (Å²) >= 11 is 0. The first-order valence-corrected chi connectivity index (χ1v) is 30.4. The van der Waals surface area contributed by atoms with E-state index in [0.717, 1.165) is 44.9 Å². The van der Waals surface area contributed by atoms with E-state index in [2.05, 4.69) is 55.6 Å². The van der Waals surface area contributed by atoms with E-state index in [1.807, 2.05) is 0 Å². The van der Waals surface area contributed by atoms with E-state index < -0.39 is 74.2 Å². The molecule has 72 heavy (non-hydrogen) atoms. The van der Waals surface area contributed by atoms with E-state index in [9.17, 15) is 40.5 Å². The summed E-state index contributed by atoms with van der Waals surface area (Å²) < 4.78 is 11.1. The largest absolute Gasteiger partial charge is 0.394 e. The molecular formula is C61H115NO10. The maximum Gasteiger partial charge on any atom is 0.249 e. The summed E-state index contributed by atoms with van der Waals surface area (Å²) in [7, 11) is 0. The number of carbonyl (C=O) groups is 1. The maximum atomic E-state index is 13.2. The minimum absolute atomic E-state index is 0.242. The molecule has 8 N–H and O–H groups in total. The van der Waals surface area contributed by atoms with Gasteiger partial charge in [-0.05, 0) is 64.2 Å². The molecule has 11 heteroatoms. The number of aliphatic hydroxyl groups is 7. The number of allylic oxidation sites excluding steroid dienone is 6. The van der Waals surface area contributed by atoms with Crippen molar-refractivity contribution in [3.8, 4) is 0 Å². The van der Waals surface area contributed by atoms with Crippen molar-refractivity contribution in [1.29, 1.82) is 0 Å². The summed E-state index contributed by atoms with van der Waals surface area (Å²) in [6, 6.07) is -1.19. The van der Waals surface area contributed by atoms with Crippen molar-refractivity contribution in [2.75, 3.05) is 13.2 Å². The highest BCUT2D eigenvalue weighted by atomic mass is 16.7. The van der Waals surface area contributed by atoms with Crippen molar-refractivity contribution in [3.05, 3.63) is 36.5 Å². The summed E-state index contributed by atoms with van der Waals surface area (Å²) in [5.74, 6) is -0.708. The van der Waals surface area contributed by atoms with Crippen LogP contribution in [0.4, 0.5) is 0 Å². The van der Waals surface area contributed by atoms with E-state index in [0.29, 0.717) is 19.3 Å². The van der Waals surface area contributed by atoms with Crippen LogP contribution in [0.5, 0.6) is 0 Å². The van der Waals surface area contributed by atoms with Gasteiger partial charge in [0.05, 0.1) is 25.4 Å². The number of hydrogen-bond acceptors (Lipinski definition) is 10. The van der Waals surface area contributed by atoms with Gasteiger partial charge in [0.2, 0.25) is 5.91 Å². The van der Waals surface area contributed by atoms with Gasteiger partial charge in [0, 0.05) is 0 Å². The third-order valence-electron chi connectivity index (χ3n) is 14.7. The van der Waals surface area contributed by atoms with Gasteiger partial charge in [0.1, 0.15) is 36.6 Å². The van der Waals surface area contributed by atoms with Gasteiger partial charge in [-0.3, -0.25) is 4.79 Å². The van der Waals surface area contributed by atoms with E-state index in [1.165, 1.54) is 186 Å². The van der Waals surface area contributed by atoms with E-state index in [4.69, 9.17) is 9.47 Å². The lowest BCUT2D eigenvalue weighted by Gasteiger charge is -2.40. The molecule has 0 bridgehead atoms. The third kappa shape index (κ3) is 38.0. The first kappa shape index (κ1) is 68.3. The smallest absolute Gasteiger partial charge is 0.249 e. The van der Waals surface area contributed by atoms with Crippen molar-refractivity contribution in [2.24, 2.45) is 0 Å². The zero-order valence-corrected chi connectivity index (χ0v) is 46.4. The molecule has 0 saturated carbocycles. The lowest BCUT2D eigenvalue weighted by Crippen LogP contribution is -2.60. The topological polar surface area (TPSA) is 189 Å². The molecule has 0 aliphatic carbocycles. The molecule has 9 atom stereocenters. The quantitative estimate of drug-likeness (QED) is 0.0215. The van der Waals surface area contributed by atoms with Crippen molar-refractivity contribution < 1.29 is 50.0 Å². The van der Waals surface area contributed by atoms with Crippen LogP contribution in [0.2, 0.25) is 0 Å². The molecule has 1 aliphatic rings. The van der Waals surface area contributed by atoms with Gasteiger partial charge >= 0.3 is 0 Å². The first-order chi connectivity index (χ1) is 35.2. The molecule has 0 aromatic heterocycles. The van der Waals surface area contributed by atoms with Gasteiger partial charge < -0.3 is 50.5 Å². The van der Waals surface area contributed by atoms with Crippen LogP contribution < -0.4 is 5.32 Å². The normalized spacial score (nSPS) is 20.3. The van der Waals surface area contributed by atoms with Crippen LogP contribution in [0, 0.1) is 0 Å². The Morgan fingerprint density at radius 2 is 0.833 bits per heavy atom. The molecular weight excluding hydrogens is 907 g/mol. The molecule has 1 rings (SSSR count). The molecule has 424 valence electrons. The third-order valence-corrected chi connectivity index (χ3v) is 14.7. The van der Waals surface area contributed by atoms with Crippen LogP contribution >= 0.6 is 0 Å². The zero-order valence-electron chi connectivity index (χ0n) is 46.4. The number of nitrogens with one attached hydrogen (secondary N) is 1. The summed E-state index contributed by atoms with van der Waals surface area (Å²) in [6.45, 7) is 3.45. The first-order valence-electron chi connectivity index (χ1n) is 30.4. The molecule has 1 amide bonds. The molecule has 1 aliphatic heterocycles. The van der Waals surface area contributed by atoms with Crippen molar-refractivity contribution >= 4 is 5.91 Å². The summed E-state index contributed by atoms with van der Waals surface area (Å²) in [5, 5.41) is 76.2. The van der Waals surface area contributed by atoms with Gasteiger partial charge in [0.25, 0.3) is 0 Å². The van der Waals surface area contributed by atoms with Crippen molar-refractivity contribution in [3.63, 3.8) is 0 Å². The van der Waals surface area contributed by atoms with Crippen LogP contribution in [0.25, 0.3) is 0 Å². The van der Waals surface area contributed by atoms with Gasteiger partial charge in [-0.25, -0.2) is 0 Å². The van der Waals surface area contributed by atoms with Crippen molar-refractivity contribution in [1.82, 2.24) is 5.32 Å². The van der Waals surface area contributed by atoms with E-state index in [-0.39, 0.29) is 12.8 Å². The van der Waals surface area contributed by atoms with Crippen molar-refractivity contribution in [2.45, 2.75) is 332 Å². The minimum Gasteiger partial charge on any atom is -0.394 e. The van der Waals surface area contributed by atoms with Crippen LogP contribution in [0.3, 0.4) is 0 Å². The van der Waals surface area contributed by atoms with Gasteiger partial charge in [-0.2, -0.15) is 0 Å². The Morgan fingerprint density at radius 1 is 0.472 bits per heavy atom. The zero-order chi connectivity index (χ0) is 52.5. The predicted molar refractivity (Wildman–Crippen MR) is 298 cm³/mol. The second-order valence-corrected chi connectivity index (χ2v) is 21.4. The average molecular weight is 1020 g/mol. The Bertz CT molecular complexity index is 1260. The van der Waals surface area contributed by atoms with E-state index >= 15 is 0 Å². The van der Waals surface area contributed by atoms with Gasteiger partial charge in [0.15, 0.2) is 6.29 Å². The predicted octanol–water partition coefficient (Wildman–Crippen LogP) is 13.1. The minimum atomic E-state index is -1.67. The number of carbonyl (C=O) groups excluding carboxylic acids is 1. The number of rotatable bonds is 52. The Kier molecular flexibility index (Phi) is 47.6. The maximum absolute atomic E-state index is 13.2. The van der Waals surface area contributed by atoms with E-state index in [1.54, 1.807) is 0 Å². The Hall–Kier alpha value is -1.67. The Balaban J connectivity index is 2.29. The van der Waals surface area contributed by atoms with Gasteiger partial charge in [-0.15, -0.1) is 0 Å². The summed E-state index contributed by atoms with van der Waals surface area (Å²) in [4.78, 5) is 13.2. The molecule has 0 aromatic rings. The molecule has 11 nitrogen and oxygen atoms in total. The highest BCUT2D eigenvalue weighted by molar-refractivity contribution is 5.80. The lowest BCUT2D eigenvalue weighted by atomic mass is 9.98. The van der Waals surface area contributed by atoms with Crippen LogP contribution in [0.1, 0.15) is 277 Å². The van der Waals surface area contributed by atoms with Crippen LogP contribution in [-0.2, 0) is 14.3 Å². The molecule has 1 heterocycles. The lowest BCUT2D eigenvalue weighted by molar-refractivity contribution is -0.303. The Morgan fingerprint density at radius 3 is 1.24 bits per heavy atom. The molecule has 1 saturated heterocycles. The highest BCUT2D eigenvalue weighted by Crippen LogP contribution is 2.23. The van der Waals surface area contributed by atoms with Crippen LogP contribution in [0.15, 0.2) is 36.5 Å². The second kappa shape index (κ2) is 50.2. The molecule has 0 radical (unpaired) electrons. The second-order valence-electron chi connectivity index (χ2n) is 21.4. The number of hydrogen-bond donors (Lipinski definition) is 8. The molecule has 0 spiro atoms. The summed E-state index contributed by atoms with van der Waals surface area (Å²) in [6.07, 6.45) is 50.6.